The summed E-state index contributed by atoms with van der Waals surface area (Å²) in [6.07, 6.45) is -18.9. The van der Waals surface area contributed by atoms with Gasteiger partial charge in [-0.3, -0.25) is 0 Å². The molecular weight excluding hydrogens is 392 g/mol. The molecule has 0 bridgehead atoms. The lowest BCUT2D eigenvalue weighted by molar-refractivity contribution is -0.260. The zero-order valence-corrected chi connectivity index (χ0v) is 11.4. The van der Waals surface area contributed by atoms with Crippen molar-refractivity contribution in [3.8, 4) is 0 Å². The highest BCUT2D eigenvalue weighted by molar-refractivity contribution is 6.53. The summed E-state index contributed by atoms with van der Waals surface area (Å²) in [5.74, 6) is -8.65. The van der Waals surface area contributed by atoms with Gasteiger partial charge in [0, 0.05) is 0 Å². The van der Waals surface area contributed by atoms with E-state index < -0.39 is 46.1 Å². The first-order valence-corrected chi connectivity index (χ1v) is 5.72. The highest BCUT2D eigenvalue weighted by Crippen LogP contribution is 2.49. The van der Waals surface area contributed by atoms with Gasteiger partial charge in [-0.1, -0.05) is 23.2 Å². The Bertz CT molecular complexity index is 400. The topological polar surface area (TPSA) is 0 Å². The fourth-order valence-electron chi connectivity index (χ4n) is 0.996. The van der Waals surface area contributed by atoms with Crippen molar-refractivity contribution in [1.82, 2.24) is 0 Å². The maximum atomic E-state index is 13.3. The number of rotatable bonds is 5. The molecule has 0 saturated heterocycles. The second-order valence-electron chi connectivity index (χ2n) is 3.59. The predicted octanol–water partition coefficient (Wildman–Crippen LogP) is 5.72. The van der Waals surface area contributed by atoms with Crippen LogP contribution < -0.4 is 0 Å². The summed E-state index contributed by atoms with van der Waals surface area (Å²) in [6.45, 7) is 0. The van der Waals surface area contributed by atoms with Gasteiger partial charge in [-0.25, -0.2) is 13.2 Å². The van der Waals surface area contributed by atoms with Crippen molar-refractivity contribution >= 4 is 34.8 Å². The van der Waals surface area contributed by atoms with Crippen molar-refractivity contribution < 1.29 is 43.9 Å². The van der Waals surface area contributed by atoms with Crippen LogP contribution in [0.3, 0.4) is 0 Å². The molecule has 0 aliphatic heterocycles. The molecule has 126 valence electrons. The lowest BCUT2D eigenvalue weighted by atomic mass is 10.0. The molecule has 0 amide bonds. The Kier molecular flexibility index (Phi) is 6.55. The summed E-state index contributed by atoms with van der Waals surface area (Å²) in [5.41, 5.74) is 0. The van der Waals surface area contributed by atoms with Gasteiger partial charge in [0.15, 0.2) is 10.2 Å². The molecule has 3 unspecified atom stereocenters. The maximum absolute atomic E-state index is 13.3. The number of allylic oxidation sites excluding steroid dienone is 1. The SMILES string of the molecule is FC(F)=C(F)C(Cl)C(Cl)(Cl)C(F)C(F)(F)C(F)C(F)(F)F. The van der Waals surface area contributed by atoms with Crippen molar-refractivity contribution in [2.45, 2.75) is 34.2 Å². The fraction of sp³-hybridized carbons (Fsp3) is 0.750. The van der Waals surface area contributed by atoms with Crippen LogP contribution in [0.25, 0.3) is 0 Å². The van der Waals surface area contributed by atoms with Crippen LogP contribution in [-0.2, 0) is 0 Å². The molecule has 0 aliphatic carbocycles. The average Bonchev–Trinajstić information content (AvgIpc) is 2.33. The Balaban J connectivity index is 5.58. The normalized spacial score (nSPS) is 18.1. The molecule has 0 rings (SSSR count). The van der Waals surface area contributed by atoms with Crippen LogP contribution >= 0.6 is 34.8 Å². The van der Waals surface area contributed by atoms with Gasteiger partial charge in [0.2, 0.25) is 6.17 Å². The van der Waals surface area contributed by atoms with Gasteiger partial charge in [-0.15, -0.1) is 11.6 Å². The zero-order valence-electron chi connectivity index (χ0n) is 9.15. The molecule has 0 aliphatic rings. The van der Waals surface area contributed by atoms with E-state index in [1.165, 1.54) is 0 Å². The third-order valence-electron chi connectivity index (χ3n) is 2.04. The molecule has 0 spiro atoms. The van der Waals surface area contributed by atoms with Gasteiger partial charge in [0.1, 0.15) is 5.38 Å². The second-order valence-corrected chi connectivity index (χ2v) is 5.47. The molecule has 0 fully saturated rings. The van der Waals surface area contributed by atoms with Gasteiger partial charge in [-0.2, -0.15) is 30.7 Å². The fourth-order valence-corrected chi connectivity index (χ4v) is 1.67. The summed E-state index contributed by atoms with van der Waals surface area (Å²) in [4.78, 5) is 0. The monoisotopic (exact) mass is 394 g/mol. The van der Waals surface area contributed by atoms with Gasteiger partial charge in [0.25, 0.3) is 6.17 Å². The molecule has 0 heterocycles. The third-order valence-corrected chi connectivity index (χ3v) is 3.62. The summed E-state index contributed by atoms with van der Waals surface area (Å²) in [6, 6.07) is 0. The highest BCUT2D eigenvalue weighted by Gasteiger charge is 2.67. The van der Waals surface area contributed by atoms with Crippen LogP contribution in [0.2, 0.25) is 0 Å². The number of hydrogen-bond donors (Lipinski definition) is 0. The Morgan fingerprint density at radius 1 is 0.810 bits per heavy atom. The standard InChI is InChI=1S/C8H3Cl3F10/c9-2(1(12)3(13)14)6(10,11)4(15)7(17,18)5(16)8(19,20)21/h2,4-5H. The second kappa shape index (κ2) is 6.57. The molecule has 0 radical (unpaired) electrons. The van der Waals surface area contributed by atoms with Gasteiger partial charge in [-0.05, 0) is 0 Å². The van der Waals surface area contributed by atoms with Crippen LogP contribution in [0, 0.1) is 0 Å². The van der Waals surface area contributed by atoms with Crippen LogP contribution in [0.4, 0.5) is 43.9 Å². The molecule has 0 aromatic heterocycles. The molecule has 13 heteroatoms. The van der Waals surface area contributed by atoms with Crippen molar-refractivity contribution in [3.05, 3.63) is 11.9 Å². The van der Waals surface area contributed by atoms with Crippen LogP contribution in [0.5, 0.6) is 0 Å². The van der Waals surface area contributed by atoms with Crippen molar-refractivity contribution in [2.24, 2.45) is 0 Å². The van der Waals surface area contributed by atoms with Gasteiger partial charge in [0.05, 0.1) is 0 Å². The van der Waals surface area contributed by atoms with E-state index in [0.717, 1.165) is 0 Å². The molecule has 21 heavy (non-hydrogen) atoms. The highest BCUT2D eigenvalue weighted by atomic mass is 35.5. The first-order valence-electron chi connectivity index (χ1n) is 4.53. The van der Waals surface area contributed by atoms with Crippen LogP contribution in [0.15, 0.2) is 11.9 Å². The average molecular weight is 395 g/mol. The first-order chi connectivity index (χ1) is 9.07. The lowest BCUT2D eigenvalue weighted by Gasteiger charge is -2.34. The quantitative estimate of drug-likeness (QED) is 0.413. The molecule has 0 aromatic carbocycles. The van der Waals surface area contributed by atoms with E-state index >= 15 is 0 Å². The Morgan fingerprint density at radius 3 is 1.48 bits per heavy atom. The number of alkyl halides is 10. The Labute approximate surface area is 125 Å². The first kappa shape index (κ1) is 20.9. The lowest BCUT2D eigenvalue weighted by Crippen LogP contribution is -2.56. The van der Waals surface area contributed by atoms with E-state index in [0.29, 0.717) is 0 Å². The molecule has 0 saturated carbocycles. The molecule has 0 nitrogen and oxygen atoms in total. The van der Waals surface area contributed by atoms with Crippen molar-refractivity contribution in [1.29, 1.82) is 0 Å². The van der Waals surface area contributed by atoms with E-state index in [-0.39, 0.29) is 0 Å². The van der Waals surface area contributed by atoms with Crippen LogP contribution in [0.1, 0.15) is 0 Å². The van der Waals surface area contributed by atoms with Crippen molar-refractivity contribution in [3.63, 3.8) is 0 Å². The summed E-state index contributed by atoms with van der Waals surface area (Å²) >= 11 is 14.4. The number of hydrogen-bond acceptors (Lipinski definition) is 0. The van der Waals surface area contributed by atoms with Gasteiger partial charge >= 0.3 is 18.2 Å². The predicted molar refractivity (Wildman–Crippen MR) is 55.2 cm³/mol. The molecule has 3 atom stereocenters. The van der Waals surface area contributed by atoms with Crippen molar-refractivity contribution in [2.75, 3.05) is 0 Å². The smallest absolute Gasteiger partial charge is 0.237 e. The minimum absolute atomic E-state index is 2.75. The van der Waals surface area contributed by atoms with Gasteiger partial charge < -0.3 is 0 Å². The molecule has 0 aromatic rings. The maximum Gasteiger partial charge on any atom is 0.425 e. The van der Waals surface area contributed by atoms with E-state index in [1.54, 1.807) is 0 Å². The number of halogens is 13. The summed E-state index contributed by atoms with van der Waals surface area (Å²) < 4.78 is 120. The van der Waals surface area contributed by atoms with E-state index in [1.807, 2.05) is 0 Å². The minimum atomic E-state index is -6.21. The molecular formula is C8H3Cl3F10. The summed E-state index contributed by atoms with van der Waals surface area (Å²) in [5, 5.41) is -3.19. The van der Waals surface area contributed by atoms with E-state index in [4.69, 9.17) is 34.8 Å². The summed E-state index contributed by atoms with van der Waals surface area (Å²) in [7, 11) is 0. The van der Waals surface area contributed by atoms with E-state index in [9.17, 15) is 43.9 Å². The minimum Gasteiger partial charge on any atom is -0.237 e. The third kappa shape index (κ3) is 4.44. The molecule has 0 N–H and O–H groups in total. The Morgan fingerprint density at radius 2 is 1.19 bits per heavy atom. The van der Waals surface area contributed by atoms with Crippen LogP contribution in [-0.4, -0.2) is 34.2 Å². The Hall–Kier alpha value is -0.0900. The van der Waals surface area contributed by atoms with E-state index in [2.05, 4.69) is 0 Å². The largest absolute Gasteiger partial charge is 0.425 e. The zero-order chi connectivity index (χ0) is 17.4.